The normalized spacial score (nSPS) is 19.3. The lowest BCUT2D eigenvalue weighted by atomic mass is 9.94. The molecular weight excluding hydrogens is 669 g/mol. The number of carboxylic acid groups (broad SMARTS) is 2. The summed E-state index contributed by atoms with van der Waals surface area (Å²) in [5.74, 6) is -3.12. The molecule has 49 heavy (non-hydrogen) atoms. The second kappa shape index (κ2) is 17.2. The number of rotatable bonds is 16. The van der Waals surface area contributed by atoms with Crippen molar-refractivity contribution in [2.45, 2.75) is 117 Å². The molecule has 3 aliphatic rings. The first kappa shape index (κ1) is 38.0. The van der Waals surface area contributed by atoms with Crippen LogP contribution in [0.3, 0.4) is 0 Å². The van der Waals surface area contributed by atoms with Gasteiger partial charge in [0, 0.05) is 48.1 Å². The SMILES string of the molecule is CC(CC(C(=O)O)N1C(=O)CCC1=O)(Sc1ccccn1)C1CC1.CCC(CC)C(CC(C(=O)O)N1C(=O)CCC1=O)Sc1ccccn1. The van der Waals surface area contributed by atoms with Crippen LogP contribution in [0, 0.1) is 11.8 Å². The van der Waals surface area contributed by atoms with E-state index in [4.69, 9.17) is 0 Å². The van der Waals surface area contributed by atoms with Crippen molar-refractivity contribution >= 4 is 59.1 Å². The van der Waals surface area contributed by atoms with Crippen molar-refractivity contribution in [2.75, 3.05) is 0 Å². The maximum absolute atomic E-state index is 12.0. The van der Waals surface area contributed by atoms with Crippen LogP contribution in [0.25, 0.3) is 0 Å². The molecule has 1 aliphatic carbocycles. The molecule has 0 bridgehead atoms. The Morgan fingerprint density at radius 3 is 1.67 bits per heavy atom. The molecule has 14 heteroatoms. The smallest absolute Gasteiger partial charge is 0.326 e. The molecular formula is C35H44N4O8S2. The number of hydrogen-bond acceptors (Lipinski definition) is 10. The minimum atomic E-state index is -1.12. The third kappa shape index (κ3) is 9.90. The van der Waals surface area contributed by atoms with E-state index in [1.807, 2.05) is 43.3 Å². The Balaban J connectivity index is 0.000000221. The number of nitrogens with zero attached hydrogens (tertiary/aromatic N) is 4. The number of carboxylic acids is 2. The number of likely N-dealkylation sites (tertiary alicyclic amines) is 2. The summed E-state index contributed by atoms with van der Waals surface area (Å²) in [7, 11) is 0. The highest BCUT2D eigenvalue weighted by atomic mass is 32.2. The van der Waals surface area contributed by atoms with Crippen molar-refractivity contribution in [2.24, 2.45) is 11.8 Å². The number of imide groups is 2. The number of hydrogen-bond donors (Lipinski definition) is 2. The largest absolute Gasteiger partial charge is 0.480 e. The maximum Gasteiger partial charge on any atom is 0.326 e. The molecule has 2 saturated heterocycles. The molecule has 4 heterocycles. The van der Waals surface area contributed by atoms with Gasteiger partial charge in [-0.25, -0.2) is 19.6 Å². The number of carbonyl (C=O) groups excluding carboxylic acids is 4. The van der Waals surface area contributed by atoms with Crippen LogP contribution in [-0.2, 0) is 28.8 Å². The van der Waals surface area contributed by atoms with Gasteiger partial charge in [-0.15, -0.1) is 11.8 Å². The summed E-state index contributed by atoms with van der Waals surface area (Å²) in [5, 5.41) is 20.9. The molecule has 5 rings (SSSR count). The van der Waals surface area contributed by atoms with Crippen LogP contribution in [0.4, 0.5) is 0 Å². The topological polar surface area (TPSA) is 175 Å². The summed E-state index contributed by atoms with van der Waals surface area (Å²) < 4.78 is -0.374. The number of thioether (sulfide) groups is 2. The molecule has 4 unspecified atom stereocenters. The van der Waals surface area contributed by atoms with E-state index in [1.54, 1.807) is 24.2 Å². The van der Waals surface area contributed by atoms with E-state index in [0.29, 0.717) is 5.92 Å². The van der Waals surface area contributed by atoms with Crippen LogP contribution in [0.5, 0.6) is 0 Å². The van der Waals surface area contributed by atoms with Gasteiger partial charge in [-0.3, -0.25) is 29.0 Å². The molecule has 3 fully saturated rings. The van der Waals surface area contributed by atoms with E-state index in [-0.39, 0.29) is 78.1 Å². The second-order valence-electron chi connectivity index (χ2n) is 12.7. The molecule has 2 N–H and O–H groups in total. The zero-order chi connectivity index (χ0) is 35.7. The molecule has 264 valence electrons. The minimum absolute atomic E-state index is 0.0350. The summed E-state index contributed by atoms with van der Waals surface area (Å²) in [5.41, 5.74) is 0. The molecule has 12 nitrogen and oxygen atoms in total. The molecule has 2 aliphatic heterocycles. The Morgan fingerprint density at radius 1 is 0.796 bits per heavy atom. The molecule has 2 aromatic rings. The summed E-state index contributed by atoms with van der Waals surface area (Å²) in [4.78, 5) is 82.1. The number of pyridine rings is 2. The van der Waals surface area contributed by atoms with E-state index in [0.717, 1.165) is 45.5 Å². The predicted octanol–water partition coefficient (Wildman–Crippen LogP) is 5.31. The van der Waals surface area contributed by atoms with Crippen LogP contribution in [0.2, 0.25) is 0 Å². The Morgan fingerprint density at radius 2 is 1.27 bits per heavy atom. The van der Waals surface area contributed by atoms with Crippen molar-refractivity contribution in [3.05, 3.63) is 48.8 Å². The average molecular weight is 713 g/mol. The lowest BCUT2D eigenvalue weighted by Gasteiger charge is -2.34. The van der Waals surface area contributed by atoms with Gasteiger partial charge in [0.2, 0.25) is 23.6 Å². The van der Waals surface area contributed by atoms with Gasteiger partial charge in [-0.05, 0) is 68.7 Å². The van der Waals surface area contributed by atoms with Gasteiger partial charge in [0.1, 0.15) is 12.1 Å². The van der Waals surface area contributed by atoms with Gasteiger partial charge in [0.25, 0.3) is 0 Å². The Bertz CT molecular complexity index is 1470. The monoisotopic (exact) mass is 712 g/mol. The number of aromatic nitrogens is 2. The number of aliphatic carboxylic acids is 2. The highest BCUT2D eigenvalue weighted by Crippen LogP contribution is 2.52. The number of amides is 4. The molecule has 0 radical (unpaired) electrons. The predicted molar refractivity (Wildman–Crippen MR) is 183 cm³/mol. The van der Waals surface area contributed by atoms with E-state index in [2.05, 4.69) is 23.8 Å². The van der Waals surface area contributed by atoms with Gasteiger partial charge >= 0.3 is 11.9 Å². The zero-order valence-corrected chi connectivity index (χ0v) is 29.7. The molecule has 0 spiro atoms. The number of carbonyl (C=O) groups is 6. The fourth-order valence-electron chi connectivity index (χ4n) is 6.45. The Kier molecular flexibility index (Phi) is 13.4. The van der Waals surface area contributed by atoms with Gasteiger partial charge in [0.05, 0.1) is 10.1 Å². The van der Waals surface area contributed by atoms with E-state index >= 15 is 0 Å². The van der Waals surface area contributed by atoms with E-state index < -0.39 is 24.0 Å². The minimum Gasteiger partial charge on any atom is -0.480 e. The van der Waals surface area contributed by atoms with Gasteiger partial charge < -0.3 is 10.2 Å². The van der Waals surface area contributed by atoms with Crippen LogP contribution in [-0.4, -0.2) is 87.6 Å². The summed E-state index contributed by atoms with van der Waals surface area (Å²) >= 11 is 3.07. The van der Waals surface area contributed by atoms with Crippen molar-refractivity contribution in [3.63, 3.8) is 0 Å². The van der Waals surface area contributed by atoms with E-state index in [1.165, 1.54) is 11.8 Å². The van der Waals surface area contributed by atoms with Gasteiger partial charge in [0.15, 0.2) is 0 Å². The third-order valence-electron chi connectivity index (χ3n) is 9.33. The highest BCUT2D eigenvalue weighted by molar-refractivity contribution is 8.00. The molecule has 1 saturated carbocycles. The van der Waals surface area contributed by atoms with Crippen molar-refractivity contribution < 1.29 is 39.0 Å². The highest BCUT2D eigenvalue weighted by Gasteiger charge is 2.49. The first-order chi connectivity index (χ1) is 23.4. The van der Waals surface area contributed by atoms with Crippen LogP contribution < -0.4 is 0 Å². The molecule has 4 amide bonds. The van der Waals surface area contributed by atoms with E-state index in [9.17, 15) is 39.0 Å². The summed E-state index contributed by atoms with van der Waals surface area (Å²) in [6.45, 7) is 6.16. The Hall–Kier alpha value is -3.78. The fraction of sp³-hybridized carbons (Fsp3) is 0.543. The lowest BCUT2D eigenvalue weighted by molar-refractivity contribution is -0.154. The summed E-state index contributed by atoms with van der Waals surface area (Å²) in [6.07, 6.45) is 8.17. The standard InChI is InChI=1S/C18H24N2O4S.C17H20N2O4S/c1-3-12(4-2)14(25-15-7-5-6-10-19-15)11-13(18(23)24)20-16(21)8-9-17(20)22;1-17(11-5-6-11,24-13-4-2-3-9-18-13)10-12(16(22)23)19-14(20)7-8-15(19)21/h5-7,10,12-14H,3-4,8-9,11H2,1-2H3,(H,23,24);2-4,9,11-12H,5-8,10H2,1H3,(H,22,23). The van der Waals surface area contributed by atoms with Crippen molar-refractivity contribution in [1.82, 2.24) is 19.8 Å². The Labute approximate surface area is 294 Å². The van der Waals surface area contributed by atoms with Crippen molar-refractivity contribution in [3.8, 4) is 0 Å². The summed E-state index contributed by atoms with van der Waals surface area (Å²) in [6, 6.07) is 9.03. The third-order valence-corrected chi connectivity index (χ3v) is 12.1. The second-order valence-corrected chi connectivity index (χ2v) is 15.5. The first-order valence-corrected chi connectivity index (χ1v) is 18.4. The molecule has 4 atom stereocenters. The van der Waals surface area contributed by atoms with Crippen LogP contribution >= 0.6 is 23.5 Å². The van der Waals surface area contributed by atoms with Crippen molar-refractivity contribution in [1.29, 1.82) is 0 Å². The maximum atomic E-state index is 12.0. The molecule has 0 aromatic carbocycles. The zero-order valence-electron chi connectivity index (χ0n) is 28.0. The quantitative estimate of drug-likeness (QED) is 0.170. The van der Waals surface area contributed by atoms with Gasteiger partial charge in [-0.2, -0.15) is 0 Å². The van der Waals surface area contributed by atoms with Crippen LogP contribution in [0.15, 0.2) is 58.8 Å². The average Bonchev–Trinajstić information content (AvgIpc) is 3.82. The lowest BCUT2D eigenvalue weighted by Crippen LogP contribution is -2.48. The fourth-order valence-corrected chi connectivity index (χ4v) is 9.27. The van der Waals surface area contributed by atoms with Crippen LogP contribution in [0.1, 0.15) is 85.0 Å². The first-order valence-electron chi connectivity index (χ1n) is 16.7. The van der Waals surface area contributed by atoms with Gasteiger partial charge in [-0.1, -0.05) is 50.6 Å². The molecule has 2 aromatic heterocycles.